The van der Waals surface area contributed by atoms with Gasteiger partial charge in [0.05, 0.1) is 33.6 Å². The van der Waals surface area contributed by atoms with Gasteiger partial charge in [0.2, 0.25) is 5.90 Å². The minimum absolute atomic E-state index is 0.109. The van der Waals surface area contributed by atoms with Gasteiger partial charge in [-0.25, -0.2) is 9.79 Å². The molecule has 0 aliphatic carbocycles. The van der Waals surface area contributed by atoms with Crippen molar-refractivity contribution in [3.63, 3.8) is 0 Å². The normalized spacial score (nSPS) is 10.5. The van der Waals surface area contributed by atoms with Gasteiger partial charge in [0.25, 0.3) is 0 Å². The molecule has 6 nitrogen and oxygen atoms in total. The van der Waals surface area contributed by atoms with Gasteiger partial charge in [-0.3, -0.25) is 4.90 Å². The van der Waals surface area contributed by atoms with E-state index in [9.17, 15) is 4.79 Å². The van der Waals surface area contributed by atoms with Gasteiger partial charge in [0.15, 0.2) is 0 Å². The van der Waals surface area contributed by atoms with Gasteiger partial charge in [0.1, 0.15) is 12.3 Å². The highest BCUT2D eigenvalue weighted by atomic mass is 16.5. The lowest BCUT2D eigenvalue weighted by atomic mass is 10.3. The van der Waals surface area contributed by atoms with E-state index in [1.807, 2.05) is 0 Å². The molecule has 1 aromatic carbocycles. The van der Waals surface area contributed by atoms with Gasteiger partial charge >= 0.3 is 6.09 Å². The summed E-state index contributed by atoms with van der Waals surface area (Å²) < 4.78 is 14.9. The molecule has 1 amide bonds. The van der Waals surface area contributed by atoms with Crippen LogP contribution < -0.4 is 4.74 Å². The summed E-state index contributed by atoms with van der Waals surface area (Å²) in [4.78, 5) is 17.2. The first-order valence-corrected chi connectivity index (χ1v) is 6.16. The molecule has 112 valence electrons. The van der Waals surface area contributed by atoms with Gasteiger partial charge in [0, 0.05) is 0 Å². The monoisotopic (exact) mass is 290 g/mol. The van der Waals surface area contributed by atoms with Crippen molar-refractivity contribution in [2.24, 2.45) is 4.99 Å². The minimum Gasteiger partial charge on any atom is -0.497 e. The summed E-state index contributed by atoms with van der Waals surface area (Å²) in [6, 6.07) is 7.13. The Morgan fingerprint density at radius 1 is 1.24 bits per heavy atom. The van der Waals surface area contributed by atoms with E-state index in [0.717, 1.165) is 5.75 Å². The van der Waals surface area contributed by atoms with Crippen molar-refractivity contribution in [1.82, 2.24) is 4.90 Å². The third-order valence-corrected chi connectivity index (χ3v) is 2.60. The number of hydrogen-bond donors (Lipinski definition) is 0. The van der Waals surface area contributed by atoms with Crippen molar-refractivity contribution in [3.05, 3.63) is 24.3 Å². The molecule has 0 saturated carbocycles. The van der Waals surface area contributed by atoms with Crippen molar-refractivity contribution in [3.8, 4) is 18.1 Å². The van der Waals surface area contributed by atoms with Crippen LogP contribution in [0.15, 0.2) is 29.3 Å². The van der Waals surface area contributed by atoms with E-state index < -0.39 is 6.09 Å². The van der Waals surface area contributed by atoms with Crippen LogP contribution in [-0.4, -0.2) is 51.3 Å². The van der Waals surface area contributed by atoms with Crippen LogP contribution in [0.25, 0.3) is 0 Å². The van der Waals surface area contributed by atoms with Crippen molar-refractivity contribution in [2.45, 2.75) is 0 Å². The van der Waals surface area contributed by atoms with E-state index in [2.05, 4.69) is 15.6 Å². The number of ether oxygens (including phenoxy) is 3. The maximum atomic E-state index is 11.6. The fourth-order valence-electron chi connectivity index (χ4n) is 1.53. The Labute approximate surface area is 124 Å². The van der Waals surface area contributed by atoms with Crippen LogP contribution in [0.3, 0.4) is 0 Å². The topological polar surface area (TPSA) is 60.4 Å². The van der Waals surface area contributed by atoms with Crippen LogP contribution in [0.2, 0.25) is 0 Å². The number of hydrogen-bond acceptors (Lipinski definition) is 5. The lowest BCUT2D eigenvalue weighted by Gasteiger charge is -2.18. The van der Waals surface area contributed by atoms with Crippen LogP contribution >= 0.6 is 0 Å². The predicted molar refractivity (Wildman–Crippen MR) is 79.9 cm³/mol. The number of rotatable bonds is 5. The Kier molecular flexibility index (Phi) is 6.61. The second-order valence-corrected chi connectivity index (χ2v) is 3.94. The molecule has 0 aromatic heterocycles. The fraction of sp³-hybridized carbons (Fsp3) is 0.333. The quantitative estimate of drug-likeness (QED) is 0.473. The average Bonchev–Trinajstić information content (AvgIpc) is 2.53. The Morgan fingerprint density at radius 3 is 2.38 bits per heavy atom. The van der Waals surface area contributed by atoms with Gasteiger partial charge in [-0.15, -0.1) is 6.42 Å². The molecule has 0 bridgehead atoms. The Bertz CT molecular complexity index is 532. The third-order valence-electron chi connectivity index (χ3n) is 2.60. The number of carbonyl (C=O) groups is 1. The molecule has 1 aromatic rings. The number of terminal acetylenes is 1. The molecule has 0 fully saturated rings. The molecule has 0 unspecified atom stereocenters. The van der Waals surface area contributed by atoms with Gasteiger partial charge < -0.3 is 14.2 Å². The van der Waals surface area contributed by atoms with Crippen LogP contribution in [0.1, 0.15) is 0 Å². The highest BCUT2D eigenvalue weighted by Crippen LogP contribution is 2.18. The zero-order valence-corrected chi connectivity index (χ0v) is 12.3. The first kappa shape index (κ1) is 16.4. The summed E-state index contributed by atoms with van der Waals surface area (Å²) in [6.45, 7) is 0.233. The Balaban J connectivity index is 2.86. The van der Waals surface area contributed by atoms with Gasteiger partial charge in [-0.1, -0.05) is 5.92 Å². The lowest BCUT2D eigenvalue weighted by molar-refractivity contribution is 0.132. The van der Waals surface area contributed by atoms with E-state index in [0.29, 0.717) is 11.6 Å². The molecule has 6 heteroatoms. The predicted octanol–water partition coefficient (Wildman–Crippen LogP) is 2.07. The SMILES string of the molecule is C#CCN(CC(=Nc1ccc(OC)cc1)OC)C(=O)OC. The first-order valence-electron chi connectivity index (χ1n) is 6.16. The molecule has 21 heavy (non-hydrogen) atoms. The molecule has 0 radical (unpaired) electrons. The first-order chi connectivity index (χ1) is 10.1. The summed E-state index contributed by atoms with van der Waals surface area (Å²) in [6.07, 6.45) is 4.69. The molecular formula is C15H18N2O4. The van der Waals surface area contributed by atoms with Crippen LogP contribution in [-0.2, 0) is 9.47 Å². The smallest absolute Gasteiger partial charge is 0.410 e. The fourth-order valence-corrected chi connectivity index (χ4v) is 1.53. The van der Waals surface area contributed by atoms with Crippen LogP contribution in [0.4, 0.5) is 10.5 Å². The lowest BCUT2D eigenvalue weighted by Crippen LogP contribution is -2.36. The number of amides is 1. The maximum Gasteiger partial charge on any atom is 0.410 e. The largest absolute Gasteiger partial charge is 0.497 e. The second-order valence-electron chi connectivity index (χ2n) is 3.94. The zero-order valence-electron chi connectivity index (χ0n) is 12.3. The Hall–Kier alpha value is -2.68. The molecule has 0 atom stereocenters. The zero-order chi connectivity index (χ0) is 15.7. The van der Waals surface area contributed by atoms with Crippen LogP contribution in [0, 0.1) is 12.3 Å². The molecule has 0 heterocycles. The Morgan fingerprint density at radius 2 is 1.90 bits per heavy atom. The molecule has 0 aliphatic heterocycles. The number of benzene rings is 1. The summed E-state index contributed by atoms with van der Waals surface area (Å²) in [5, 5.41) is 0. The van der Waals surface area contributed by atoms with Crippen molar-refractivity contribution >= 4 is 17.7 Å². The molecule has 0 saturated heterocycles. The molecule has 0 N–H and O–H groups in total. The third kappa shape index (κ3) is 5.07. The molecule has 1 rings (SSSR count). The number of nitrogens with zero attached hydrogens (tertiary/aromatic N) is 2. The minimum atomic E-state index is -0.535. The van der Waals surface area contributed by atoms with E-state index in [1.165, 1.54) is 19.1 Å². The molecule has 0 aliphatic rings. The maximum absolute atomic E-state index is 11.6. The van der Waals surface area contributed by atoms with E-state index in [-0.39, 0.29) is 13.1 Å². The highest BCUT2D eigenvalue weighted by Gasteiger charge is 2.15. The summed E-state index contributed by atoms with van der Waals surface area (Å²) >= 11 is 0. The summed E-state index contributed by atoms with van der Waals surface area (Å²) in [7, 11) is 4.36. The molecular weight excluding hydrogens is 272 g/mol. The van der Waals surface area contributed by atoms with Crippen molar-refractivity contribution in [2.75, 3.05) is 34.4 Å². The number of methoxy groups -OCH3 is 3. The van der Waals surface area contributed by atoms with Crippen LogP contribution in [0.5, 0.6) is 5.75 Å². The second kappa shape index (κ2) is 8.48. The summed E-state index contributed by atoms with van der Waals surface area (Å²) in [5.74, 6) is 3.47. The average molecular weight is 290 g/mol. The van der Waals surface area contributed by atoms with Crippen molar-refractivity contribution in [1.29, 1.82) is 0 Å². The van der Waals surface area contributed by atoms with Gasteiger partial charge in [-0.2, -0.15) is 0 Å². The summed E-state index contributed by atoms with van der Waals surface area (Å²) in [5.41, 5.74) is 0.679. The van der Waals surface area contributed by atoms with E-state index in [1.54, 1.807) is 31.4 Å². The molecule has 0 spiro atoms. The highest BCUT2D eigenvalue weighted by molar-refractivity contribution is 5.84. The van der Waals surface area contributed by atoms with Crippen molar-refractivity contribution < 1.29 is 19.0 Å². The van der Waals surface area contributed by atoms with Gasteiger partial charge in [-0.05, 0) is 24.3 Å². The standard InChI is InChI=1S/C15H18N2O4/c1-5-10-17(15(18)21-4)11-14(20-3)16-12-6-8-13(19-2)9-7-12/h1,6-9H,10-11H2,2-4H3. The van der Waals surface area contributed by atoms with E-state index in [4.69, 9.17) is 15.9 Å². The number of aliphatic imine (C=N–C) groups is 1. The van der Waals surface area contributed by atoms with E-state index >= 15 is 0 Å². The number of carbonyl (C=O) groups excluding carboxylic acids is 1.